The molecule has 1 aliphatic rings. The van der Waals surface area contributed by atoms with E-state index in [1.54, 1.807) is 0 Å². The fraction of sp³-hybridized carbons (Fsp3) is 0.385. The molecule has 0 bridgehead atoms. The quantitative estimate of drug-likeness (QED) is 0.896. The minimum Gasteiger partial charge on any atom is -0.384 e. The van der Waals surface area contributed by atoms with Gasteiger partial charge in [0, 0.05) is 31.4 Å². The van der Waals surface area contributed by atoms with E-state index in [0.29, 0.717) is 11.8 Å². The first-order chi connectivity index (χ1) is 8.78. The van der Waals surface area contributed by atoms with Crippen LogP contribution in [-0.2, 0) is 6.42 Å². The molecular formula is C13H16N4O. The van der Waals surface area contributed by atoms with E-state index in [-0.39, 0.29) is 0 Å². The monoisotopic (exact) mass is 244 g/mol. The van der Waals surface area contributed by atoms with Crippen LogP contribution in [0.2, 0.25) is 0 Å². The van der Waals surface area contributed by atoms with E-state index < -0.39 is 0 Å². The largest absolute Gasteiger partial charge is 0.384 e. The molecule has 18 heavy (non-hydrogen) atoms. The van der Waals surface area contributed by atoms with Gasteiger partial charge < -0.3 is 14.7 Å². The van der Waals surface area contributed by atoms with Gasteiger partial charge in [-0.1, -0.05) is 0 Å². The Bertz CT molecular complexity index is 564. The van der Waals surface area contributed by atoms with Gasteiger partial charge in [0.25, 0.3) is 11.8 Å². The minimum atomic E-state index is 0.583. The van der Waals surface area contributed by atoms with Gasteiger partial charge in [-0.2, -0.15) is 4.98 Å². The number of fused-ring (bicyclic) bond motifs is 1. The maximum atomic E-state index is 5.31. The first-order valence-electron chi connectivity index (χ1n) is 6.20. The first kappa shape index (κ1) is 11.1. The van der Waals surface area contributed by atoms with Crippen molar-refractivity contribution >= 4 is 11.6 Å². The van der Waals surface area contributed by atoms with Crippen LogP contribution >= 0.6 is 0 Å². The van der Waals surface area contributed by atoms with Crippen molar-refractivity contribution in [3.8, 4) is 11.5 Å². The molecule has 0 aliphatic carbocycles. The number of rotatable bonds is 3. The summed E-state index contributed by atoms with van der Waals surface area (Å²) in [7, 11) is 1.95. The van der Waals surface area contributed by atoms with Crippen LogP contribution < -0.4 is 10.2 Å². The molecule has 2 aromatic rings. The Balaban J connectivity index is 1.92. The predicted molar refractivity (Wildman–Crippen MR) is 70.9 cm³/mol. The van der Waals surface area contributed by atoms with Gasteiger partial charge in [-0.15, -0.1) is 0 Å². The molecule has 0 atom stereocenters. The summed E-state index contributed by atoms with van der Waals surface area (Å²) in [6.07, 6.45) is 1.05. The highest BCUT2D eigenvalue weighted by molar-refractivity contribution is 5.65. The molecule has 0 radical (unpaired) electrons. The van der Waals surface area contributed by atoms with Crippen LogP contribution in [0.4, 0.5) is 11.6 Å². The van der Waals surface area contributed by atoms with Crippen molar-refractivity contribution < 1.29 is 4.52 Å². The summed E-state index contributed by atoms with van der Waals surface area (Å²) >= 11 is 0. The average Bonchev–Trinajstić information content (AvgIpc) is 3.05. The predicted octanol–water partition coefficient (Wildman–Crippen LogP) is 2.16. The zero-order chi connectivity index (χ0) is 12.5. The average molecular weight is 244 g/mol. The Hall–Kier alpha value is -2.04. The van der Waals surface area contributed by atoms with Crippen molar-refractivity contribution in [2.75, 3.05) is 30.4 Å². The Morgan fingerprint density at radius 3 is 3.17 bits per heavy atom. The smallest absolute Gasteiger partial charge is 0.266 e. The third-order valence-corrected chi connectivity index (χ3v) is 3.29. The van der Waals surface area contributed by atoms with Crippen LogP contribution in [0.5, 0.6) is 0 Å². The lowest BCUT2D eigenvalue weighted by Gasteiger charge is -2.08. The molecule has 0 saturated carbocycles. The molecule has 2 heterocycles. The van der Waals surface area contributed by atoms with Gasteiger partial charge in [0.1, 0.15) is 0 Å². The maximum absolute atomic E-state index is 5.31. The molecule has 94 valence electrons. The van der Waals surface area contributed by atoms with Crippen LogP contribution in [0.15, 0.2) is 22.7 Å². The fourth-order valence-electron chi connectivity index (χ4n) is 2.07. The summed E-state index contributed by atoms with van der Waals surface area (Å²) in [5.41, 5.74) is 3.51. The number of benzene rings is 1. The van der Waals surface area contributed by atoms with Crippen LogP contribution in [-0.4, -0.2) is 30.3 Å². The zero-order valence-electron chi connectivity index (χ0n) is 10.6. The lowest BCUT2D eigenvalue weighted by molar-refractivity contribution is 0.430. The van der Waals surface area contributed by atoms with Crippen LogP contribution in [0.25, 0.3) is 11.5 Å². The lowest BCUT2D eigenvalue weighted by Crippen LogP contribution is -2.16. The molecule has 0 saturated heterocycles. The highest BCUT2D eigenvalue weighted by atomic mass is 16.5. The molecule has 1 aromatic heterocycles. The molecule has 5 heteroatoms. The molecule has 0 unspecified atom stereocenters. The van der Waals surface area contributed by atoms with Gasteiger partial charge in [-0.05, 0) is 42.3 Å². The highest BCUT2D eigenvalue weighted by Crippen LogP contribution is 2.28. The summed E-state index contributed by atoms with van der Waals surface area (Å²) in [5, 5.41) is 7.32. The standard InChI is InChI=1S/C13H16N4O/c1-3-17(2)13-15-12(18-16-13)10-4-5-11-9(8-10)6-7-14-11/h4-5,8,14H,3,6-7H2,1-2H3. The van der Waals surface area contributed by atoms with E-state index in [0.717, 1.165) is 25.1 Å². The van der Waals surface area contributed by atoms with Crippen molar-refractivity contribution in [2.24, 2.45) is 0 Å². The van der Waals surface area contributed by atoms with E-state index in [1.165, 1.54) is 11.3 Å². The van der Waals surface area contributed by atoms with E-state index in [1.807, 2.05) is 18.0 Å². The van der Waals surface area contributed by atoms with Crippen LogP contribution in [0.1, 0.15) is 12.5 Å². The molecule has 0 fully saturated rings. The summed E-state index contributed by atoms with van der Waals surface area (Å²) in [4.78, 5) is 6.35. The number of nitrogens with zero attached hydrogens (tertiary/aromatic N) is 3. The molecule has 1 aliphatic heterocycles. The van der Waals surface area contributed by atoms with Gasteiger partial charge in [0.2, 0.25) is 0 Å². The molecule has 0 amide bonds. The first-order valence-corrected chi connectivity index (χ1v) is 6.20. The topological polar surface area (TPSA) is 54.2 Å². The highest BCUT2D eigenvalue weighted by Gasteiger charge is 2.15. The number of nitrogens with one attached hydrogen (secondary N) is 1. The van der Waals surface area contributed by atoms with Crippen molar-refractivity contribution in [1.29, 1.82) is 0 Å². The zero-order valence-corrected chi connectivity index (χ0v) is 10.6. The van der Waals surface area contributed by atoms with Crippen molar-refractivity contribution in [1.82, 2.24) is 10.1 Å². The van der Waals surface area contributed by atoms with E-state index in [9.17, 15) is 0 Å². The van der Waals surface area contributed by atoms with E-state index >= 15 is 0 Å². The molecule has 1 aromatic carbocycles. The molecule has 3 rings (SSSR count). The fourth-order valence-corrected chi connectivity index (χ4v) is 2.07. The van der Waals surface area contributed by atoms with Gasteiger partial charge >= 0.3 is 0 Å². The Kier molecular flexibility index (Phi) is 2.66. The second-order valence-corrected chi connectivity index (χ2v) is 4.46. The third kappa shape index (κ3) is 1.81. The third-order valence-electron chi connectivity index (χ3n) is 3.29. The number of aromatic nitrogens is 2. The van der Waals surface area contributed by atoms with Gasteiger partial charge in [-0.3, -0.25) is 0 Å². The number of hydrogen-bond acceptors (Lipinski definition) is 5. The van der Waals surface area contributed by atoms with E-state index in [4.69, 9.17) is 4.52 Å². The Morgan fingerprint density at radius 2 is 2.33 bits per heavy atom. The van der Waals surface area contributed by atoms with Crippen molar-refractivity contribution in [3.63, 3.8) is 0 Å². The van der Waals surface area contributed by atoms with Crippen LogP contribution in [0.3, 0.4) is 0 Å². The molecule has 5 nitrogen and oxygen atoms in total. The number of hydrogen-bond donors (Lipinski definition) is 1. The molecule has 0 spiro atoms. The van der Waals surface area contributed by atoms with E-state index in [2.05, 4.69) is 34.5 Å². The van der Waals surface area contributed by atoms with Gasteiger partial charge in [0.05, 0.1) is 0 Å². The molecule has 1 N–H and O–H groups in total. The number of anilines is 2. The maximum Gasteiger partial charge on any atom is 0.266 e. The summed E-state index contributed by atoms with van der Waals surface area (Å²) < 4.78 is 5.31. The second-order valence-electron chi connectivity index (χ2n) is 4.46. The minimum absolute atomic E-state index is 0.583. The summed E-state index contributed by atoms with van der Waals surface area (Å²) in [5.74, 6) is 1.21. The van der Waals surface area contributed by atoms with Crippen molar-refractivity contribution in [3.05, 3.63) is 23.8 Å². The van der Waals surface area contributed by atoms with Crippen molar-refractivity contribution in [2.45, 2.75) is 13.3 Å². The lowest BCUT2D eigenvalue weighted by atomic mass is 10.1. The van der Waals surface area contributed by atoms with Gasteiger partial charge in [-0.25, -0.2) is 0 Å². The summed E-state index contributed by atoms with van der Waals surface area (Å²) in [6, 6.07) is 6.21. The SMILES string of the molecule is CCN(C)c1noc(-c2ccc3c(c2)CCN3)n1. The normalized spacial score (nSPS) is 13.2. The van der Waals surface area contributed by atoms with Gasteiger partial charge in [0.15, 0.2) is 0 Å². The van der Waals surface area contributed by atoms with Crippen LogP contribution in [0, 0.1) is 0 Å². The molecular weight excluding hydrogens is 228 g/mol. The Morgan fingerprint density at radius 1 is 1.44 bits per heavy atom. The second kappa shape index (κ2) is 4.33. The summed E-state index contributed by atoms with van der Waals surface area (Å²) in [6.45, 7) is 3.91. The Labute approximate surface area is 106 Å².